The summed E-state index contributed by atoms with van der Waals surface area (Å²) in [4.78, 5) is 4.83. The number of aliphatic hydroxyl groups excluding tert-OH is 1. The first-order valence-electron chi connectivity index (χ1n) is 6.41. The standard InChI is InChI=1S/C12H25N3O/c1-12(10-16,13-11-3-4-11)9-15-7-5-14(2)6-8-15/h11,13,16H,3-10H2,1-2H3. The Balaban J connectivity index is 1.80. The lowest BCUT2D eigenvalue weighted by molar-refractivity contribution is 0.0860. The van der Waals surface area contributed by atoms with Crippen molar-refractivity contribution in [2.45, 2.75) is 31.3 Å². The van der Waals surface area contributed by atoms with Crippen LogP contribution in [0.2, 0.25) is 0 Å². The maximum absolute atomic E-state index is 9.55. The van der Waals surface area contributed by atoms with Gasteiger partial charge in [-0.25, -0.2) is 0 Å². The lowest BCUT2D eigenvalue weighted by Crippen LogP contribution is -2.57. The molecule has 1 unspecified atom stereocenters. The van der Waals surface area contributed by atoms with Gasteiger partial charge in [-0.1, -0.05) is 0 Å². The molecular formula is C12H25N3O. The fourth-order valence-electron chi connectivity index (χ4n) is 2.36. The first kappa shape index (κ1) is 12.3. The molecule has 0 spiro atoms. The first-order valence-corrected chi connectivity index (χ1v) is 6.41. The van der Waals surface area contributed by atoms with Crippen LogP contribution >= 0.6 is 0 Å². The third kappa shape index (κ3) is 3.42. The second-order valence-corrected chi connectivity index (χ2v) is 5.72. The van der Waals surface area contributed by atoms with E-state index in [1.165, 1.54) is 12.8 Å². The molecule has 1 atom stereocenters. The molecule has 0 aromatic rings. The fraction of sp³-hybridized carbons (Fsp3) is 1.00. The number of aliphatic hydroxyl groups is 1. The number of hydrogen-bond acceptors (Lipinski definition) is 4. The summed E-state index contributed by atoms with van der Waals surface area (Å²) >= 11 is 0. The van der Waals surface area contributed by atoms with Crippen molar-refractivity contribution in [2.24, 2.45) is 0 Å². The maximum Gasteiger partial charge on any atom is 0.0623 e. The molecular weight excluding hydrogens is 202 g/mol. The van der Waals surface area contributed by atoms with Crippen molar-refractivity contribution in [1.82, 2.24) is 15.1 Å². The van der Waals surface area contributed by atoms with Crippen molar-refractivity contribution in [3.8, 4) is 0 Å². The molecule has 0 aromatic carbocycles. The van der Waals surface area contributed by atoms with Gasteiger partial charge in [-0.05, 0) is 26.8 Å². The molecule has 4 nitrogen and oxygen atoms in total. The Labute approximate surface area is 98.6 Å². The zero-order chi connectivity index (χ0) is 11.6. The van der Waals surface area contributed by atoms with Crippen molar-refractivity contribution in [3.63, 3.8) is 0 Å². The molecule has 2 aliphatic rings. The highest BCUT2D eigenvalue weighted by Gasteiger charge is 2.33. The monoisotopic (exact) mass is 227 g/mol. The summed E-state index contributed by atoms with van der Waals surface area (Å²) in [7, 11) is 2.17. The highest BCUT2D eigenvalue weighted by atomic mass is 16.3. The zero-order valence-electron chi connectivity index (χ0n) is 10.6. The molecule has 1 heterocycles. The summed E-state index contributed by atoms with van der Waals surface area (Å²) in [5.74, 6) is 0. The van der Waals surface area contributed by atoms with Gasteiger partial charge in [0.25, 0.3) is 0 Å². The summed E-state index contributed by atoms with van der Waals surface area (Å²) in [5.41, 5.74) is -0.114. The normalized spacial score (nSPS) is 27.9. The van der Waals surface area contributed by atoms with Crippen molar-refractivity contribution >= 4 is 0 Å². The van der Waals surface area contributed by atoms with Crippen LogP contribution in [0, 0.1) is 0 Å². The Morgan fingerprint density at radius 1 is 1.25 bits per heavy atom. The molecule has 0 aromatic heterocycles. The molecule has 1 saturated carbocycles. The van der Waals surface area contributed by atoms with Crippen molar-refractivity contribution in [2.75, 3.05) is 46.4 Å². The number of rotatable bonds is 5. The Morgan fingerprint density at radius 2 is 1.88 bits per heavy atom. The lowest BCUT2D eigenvalue weighted by Gasteiger charge is -2.39. The Kier molecular flexibility index (Phi) is 3.85. The van der Waals surface area contributed by atoms with Crippen LogP contribution in [0.15, 0.2) is 0 Å². The molecule has 1 aliphatic carbocycles. The second kappa shape index (κ2) is 5.00. The van der Waals surface area contributed by atoms with Gasteiger partial charge in [0.1, 0.15) is 0 Å². The molecule has 0 amide bonds. The average molecular weight is 227 g/mol. The van der Waals surface area contributed by atoms with Crippen LogP contribution in [-0.4, -0.2) is 72.9 Å². The summed E-state index contributed by atoms with van der Waals surface area (Å²) in [6.45, 7) is 7.88. The van der Waals surface area contributed by atoms with Crippen LogP contribution < -0.4 is 5.32 Å². The fourth-order valence-corrected chi connectivity index (χ4v) is 2.36. The van der Waals surface area contributed by atoms with Gasteiger partial charge in [0.2, 0.25) is 0 Å². The predicted octanol–water partition coefficient (Wildman–Crippen LogP) is -0.263. The van der Waals surface area contributed by atoms with Gasteiger partial charge in [-0.2, -0.15) is 0 Å². The summed E-state index contributed by atoms with van der Waals surface area (Å²) in [6.07, 6.45) is 2.55. The molecule has 1 saturated heterocycles. The summed E-state index contributed by atoms with van der Waals surface area (Å²) in [6, 6.07) is 0.657. The quantitative estimate of drug-likeness (QED) is 0.678. The SMILES string of the molecule is CN1CCN(CC(C)(CO)NC2CC2)CC1. The third-order valence-corrected chi connectivity index (χ3v) is 3.65. The zero-order valence-corrected chi connectivity index (χ0v) is 10.6. The molecule has 16 heavy (non-hydrogen) atoms. The minimum Gasteiger partial charge on any atom is -0.394 e. The Bertz CT molecular complexity index is 224. The molecule has 2 rings (SSSR count). The second-order valence-electron chi connectivity index (χ2n) is 5.72. The van der Waals surface area contributed by atoms with Crippen LogP contribution in [0.25, 0.3) is 0 Å². The van der Waals surface area contributed by atoms with E-state index in [9.17, 15) is 5.11 Å². The molecule has 94 valence electrons. The van der Waals surface area contributed by atoms with Crippen LogP contribution in [0.5, 0.6) is 0 Å². The molecule has 1 aliphatic heterocycles. The molecule has 0 bridgehead atoms. The van der Waals surface area contributed by atoms with Crippen molar-refractivity contribution in [1.29, 1.82) is 0 Å². The summed E-state index contributed by atoms with van der Waals surface area (Å²) in [5, 5.41) is 13.1. The van der Waals surface area contributed by atoms with E-state index in [1.54, 1.807) is 0 Å². The lowest BCUT2D eigenvalue weighted by atomic mass is 10.0. The van der Waals surface area contributed by atoms with E-state index >= 15 is 0 Å². The van der Waals surface area contributed by atoms with E-state index in [0.29, 0.717) is 6.04 Å². The van der Waals surface area contributed by atoms with Gasteiger partial charge < -0.3 is 15.3 Å². The third-order valence-electron chi connectivity index (χ3n) is 3.65. The molecule has 0 radical (unpaired) electrons. The van der Waals surface area contributed by atoms with Crippen molar-refractivity contribution in [3.05, 3.63) is 0 Å². The minimum absolute atomic E-state index is 0.114. The predicted molar refractivity (Wildman–Crippen MR) is 65.6 cm³/mol. The highest BCUT2D eigenvalue weighted by Crippen LogP contribution is 2.23. The van der Waals surface area contributed by atoms with Gasteiger partial charge in [0.15, 0.2) is 0 Å². The van der Waals surface area contributed by atoms with E-state index < -0.39 is 0 Å². The topological polar surface area (TPSA) is 38.7 Å². The van der Waals surface area contributed by atoms with Gasteiger partial charge >= 0.3 is 0 Å². The van der Waals surface area contributed by atoms with E-state index in [-0.39, 0.29) is 12.1 Å². The molecule has 2 N–H and O–H groups in total. The Morgan fingerprint density at radius 3 is 2.38 bits per heavy atom. The minimum atomic E-state index is -0.114. The van der Waals surface area contributed by atoms with E-state index in [4.69, 9.17) is 0 Å². The Hall–Kier alpha value is -0.160. The van der Waals surface area contributed by atoms with Gasteiger partial charge in [0.05, 0.1) is 12.1 Å². The van der Waals surface area contributed by atoms with E-state index in [1.807, 2.05) is 0 Å². The largest absolute Gasteiger partial charge is 0.394 e. The molecule has 4 heteroatoms. The number of nitrogens with one attached hydrogen (secondary N) is 1. The van der Waals surface area contributed by atoms with Crippen LogP contribution in [0.1, 0.15) is 19.8 Å². The van der Waals surface area contributed by atoms with Crippen LogP contribution in [-0.2, 0) is 0 Å². The number of piperazine rings is 1. The van der Waals surface area contributed by atoms with Crippen LogP contribution in [0.4, 0.5) is 0 Å². The highest BCUT2D eigenvalue weighted by molar-refractivity contribution is 4.94. The average Bonchev–Trinajstić information content (AvgIpc) is 3.05. The van der Waals surface area contributed by atoms with Crippen LogP contribution in [0.3, 0.4) is 0 Å². The van der Waals surface area contributed by atoms with Gasteiger partial charge in [-0.3, -0.25) is 4.90 Å². The van der Waals surface area contributed by atoms with Gasteiger partial charge in [0, 0.05) is 38.8 Å². The van der Waals surface area contributed by atoms with E-state index in [0.717, 1.165) is 32.7 Å². The van der Waals surface area contributed by atoms with Crippen molar-refractivity contribution < 1.29 is 5.11 Å². The van der Waals surface area contributed by atoms with E-state index in [2.05, 4.69) is 29.1 Å². The van der Waals surface area contributed by atoms with Gasteiger partial charge in [-0.15, -0.1) is 0 Å². The maximum atomic E-state index is 9.55. The number of nitrogens with zero attached hydrogens (tertiary/aromatic N) is 2. The summed E-state index contributed by atoms with van der Waals surface area (Å²) < 4.78 is 0. The number of hydrogen-bond donors (Lipinski definition) is 2. The molecule has 2 fully saturated rings. The first-order chi connectivity index (χ1) is 7.61. The number of likely N-dealkylation sites (N-methyl/N-ethyl adjacent to an activating group) is 1. The smallest absolute Gasteiger partial charge is 0.0623 e.